The van der Waals surface area contributed by atoms with Crippen molar-refractivity contribution in [2.24, 2.45) is 5.92 Å². The summed E-state index contributed by atoms with van der Waals surface area (Å²) >= 11 is 0. The minimum absolute atomic E-state index is 0.380. The second-order valence-electron chi connectivity index (χ2n) is 4.96. The third-order valence-electron chi connectivity index (χ3n) is 3.28. The Morgan fingerprint density at radius 3 is 2.47 bits per heavy atom. The summed E-state index contributed by atoms with van der Waals surface area (Å²) in [7, 11) is 0. The van der Waals surface area contributed by atoms with Gasteiger partial charge in [-0.25, -0.2) is 8.78 Å². The van der Waals surface area contributed by atoms with Gasteiger partial charge in [-0.1, -0.05) is 45.2 Å². The number of hydrogen-bond donors (Lipinski definition) is 0. The van der Waals surface area contributed by atoms with Gasteiger partial charge >= 0.3 is 0 Å². The summed E-state index contributed by atoms with van der Waals surface area (Å²) in [6.45, 7) is 5.98. The summed E-state index contributed by atoms with van der Waals surface area (Å²) in [5.74, 6) is -0.671. The first-order chi connectivity index (χ1) is 8.06. The zero-order valence-electron chi connectivity index (χ0n) is 11.0. The molecular formula is C15H22F2. The Kier molecular flexibility index (Phi) is 5.60. The molecule has 0 saturated heterocycles. The molecule has 1 unspecified atom stereocenters. The van der Waals surface area contributed by atoms with Gasteiger partial charge in [-0.3, -0.25) is 0 Å². The Labute approximate surface area is 103 Å². The molecule has 96 valence electrons. The zero-order valence-corrected chi connectivity index (χ0v) is 11.0. The van der Waals surface area contributed by atoms with E-state index in [1.165, 1.54) is 12.8 Å². The molecule has 2 heteroatoms. The van der Waals surface area contributed by atoms with Crippen molar-refractivity contribution in [2.75, 3.05) is 0 Å². The number of rotatable bonds is 6. The molecule has 1 rings (SSSR count). The molecule has 17 heavy (non-hydrogen) atoms. The van der Waals surface area contributed by atoms with E-state index >= 15 is 0 Å². The molecule has 0 fully saturated rings. The second-order valence-corrected chi connectivity index (χ2v) is 4.96. The average molecular weight is 240 g/mol. The van der Waals surface area contributed by atoms with Gasteiger partial charge in [-0.2, -0.15) is 0 Å². The fraction of sp³-hybridized carbons (Fsp3) is 0.600. The van der Waals surface area contributed by atoms with E-state index in [1.54, 1.807) is 19.1 Å². The fourth-order valence-corrected chi connectivity index (χ4v) is 2.16. The summed E-state index contributed by atoms with van der Waals surface area (Å²) in [5.41, 5.74) is 0.891. The van der Waals surface area contributed by atoms with E-state index in [2.05, 4.69) is 13.8 Å². The van der Waals surface area contributed by atoms with E-state index < -0.39 is 11.6 Å². The topological polar surface area (TPSA) is 0 Å². The van der Waals surface area contributed by atoms with Gasteiger partial charge in [0.25, 0.3) is 0 Å². The van der Waals surface area contributed by atoms with Crippen LogP contribution in [-0.2, 0) is 6.42 Å². The van der Waals surface area contributed by atoms with Crippen molar-refractivity contribution in [3.05, 3.63) is 34.9 Å². The van der Waals surface area contributed by atoms with Crippen LogP contribution in [0.1, 0.15) is 50.7 Å². The van der Waals surface area contributed by atoms with Crippen molar-refractivity contribution >= 4 is 0 Å². The van der Waals surface area contributed by atoms with Crippen LogP contribution in [0.5, 0.6) is 0 Å². The first-order valence-corrected chi connectivity index (χ1v) is 6.49. The molecule has 1 atom stereocenters. The summed E-state index contributed by atoms with van der Waals surface area (Å²) < 4.78 is 26.9. The maximum Gasteiger partial charge on any atom is 0.162 e. The molecule has 0 radical (unpaired) electrons. The molecule has 0 aliphatic carbocycles. The summed E-state index contributed by atoms with van der Waals surface area (Å²) in [4.78, 5) is 0. The minimum Gasteiger partial charge on any atom is -0.203 e. The molecule has 0 aromatic heterocycles. The van der Waals surface area contributed by atoms with Crippen molar-refractivity contribution < 1.29 is 8.78 Å². The van der Waals surface area contributed by atoms with E-state index in [-0.39, 0.29) is 0 Å². The highest BCUT2D eigenvalue weighted by Crippen LogP contribution is 2.19. The molecule has 0 aliphatic rings. The number of halogens is 2. The Hall–Kier alpha value is -0.920. The minimum atomic E-state index is -0.691. The lowest BCUT2D eigenvalue weighted by Crippen LogP contribution is -1.99. The third-order valence-corrected chi connectivity index (χ3v) is 3.28. The van der Waals surface area contributed by atoms with Crippen molar-refractivity contribution in [3.8, 4) is 0 Å². The Bertz CT molecular complexity index is 358. The van der Waals surface area contributed by atoms with Crippen molar-refractivity contribution in [3.63, 3.8) is 0 Å². The molecule has 0 N–H and O–H groups in total. The SMILES string of the molecule is CCCC(C)CCCc1ccc(C)c(F)c1F. The lowest BCUT2D eigenvalue weighted by Gasteiger charge is -2.10. The summed E-state index contributed by atoms with van der Waals surface area (Å²) in [5, 5.41) is 0. The molecular weight excluding hydrogens is 218 g/mol. The Morgan fingerprint density at radius 1 is 1.12 bits per heavy atom. The molecule has 1 aromatic carbocycles. The fourth-order valence-electron chi connectivity index (χ4n) is 2.16. The molecule has 0 heterocycles. The predicted molar refractivity (Wildman–Crippen MR) is 68.1 cm³/mol. The van der Waals surface area contributed by atoms with Gasteiger partial charge < -0.3 is 0 Å². The Balaban J connectivity index is 2.50. The van der Waals surface area contributed by atoms with E-state index in [4.69, 9.17) is 0 Å². The van der Waals surface area contributed by atoms with Crippen molar-refractivity contribution in [2.45, 2.75) is 52.9 Å². The van der Waals surface area contributed by atoms with Crippen LogP contribution in [0.3, 0.4) is 0 Å². The monoisotopic (exact) mass is 240 g/mol. The number of aryl methyl sites for hydroxylation is 2. The highest BCUT2D eigenvalue weighted by atomic mass is 19.2. The number of benzene rings is 1. The summed E-state index contributed by atoms with van der Waals surface area (Å²) in [6, 6.07) is 3.36. The van der Waals surface area contributed by atoms with Crippen molar-refractivity contribution in [1.29, 1.82) is 0 Å². The first-order valence-electron chi connectivity index (χ1n) is 6.49. The van der Waals surface area contributed by atoms with Crippen molar-refractivity contribution in [1.82, 2.24) is 0 Å². The first kappa shape index (κ1) is 14.1. The highest BCUT2D eigenvalue weighted by Gasteiger charge is 2.10. The number of hydrogen-bond acceptors (Lipinski definition) is 0. The lowest BCUT2D eigenvalue weighted by molar-refractivity contribution is 0.459. The Morgan fingerprint density at radius 2 is 1.82 bits per heavy atom. The molecule has 0 spiro atoms. The standard InChI is InChI=1S/C15H22F2/c1-4-6-11(2)7-5-8-13-10-9-12(3)14(16)15(13)17/h9-11H,4-8H2,1-3H3. The van der Waals surface area contributed by atoms with Crippen LogP contribution in [-0.4, -0.2) is 0 Å². The zero-order chi connectivity index (χ0) is 12.8. The van der Waals surface area contributed by atoms with Crippen LogP contribution in [0.25, 0.3) is 0 Å². The van der Waals surface area contributed by atoms with Crippen LogP contribution in [0.4, 0.5) is 8.78 Å². The van der Waals surface area contributed by atoms with Gasteiger partial charge in [-0.05, 0) is 36.8 Å². The highest BCUT2D eigenvalue weighted by molar-refractivity contribution is 5.25. The van der Waals surface area contributed by atoms with Crippen LogP contribution in [0, 0.1) is 24.5 Å². The smallest absolute Gasteiger partial charge is 0.162 e. The quantitative estimate of drug-likeness (QED) is 0.654. The largest absolute Gasteiger partial charge is 0.203 e. The van der Waals surface area contributed by atoms with Crippen LogP contribution >= 0.6 is 0 Å². The molecule has 0 bridgehead atoms. The van der Waals surface area contributed by atoms with Crippen LogP contribution in [0.2, 0.25) is 0 Å². The molecule has 0 saturated carbocycles. The molecule has 0 nitrogen and oxygen atoms in total. The summed E-state index contributed by atoms with van der Waals surface area (Å²) in [6.07, 6.45) is 5.06. The van der Waals surface area contributed by atoms with E-state index in [0.717, 1.165) is 12.8 Å². The maximum absolute atomic E-state index is 13.6. The van der Waals surface area contributed by atoms with Crippen LogP contribution < -0.4 is 0 Å². The van der Waals surface area contributed by atoms with Gasteiger partial charge in [0, 0.05) is 0 Å². The normalized spacial score (nSPS) is 12.8. The average Bonchev–Trinajstić information content (AvgIpc) is 2.29. The van der Waals surface area contributed by atoms with Gasteiger partial charge in [0.2, 0.25) is 0 Å². The maximum atomic E-state index is 13.6. The van der Waals surface area contributed by atoms with Crippen LogP contribution in [0.15, 0.2) is 12.1 Å². The lowest BCUT2D eigenvalue weighted by atomic mass is 9.97. The third kappa shape index (κ3) is 4.10. The second kappa shape index (κ2) is 6.73. The van der Waals surface area contributed by atoms with E-state index in [0.29, 0.717) is 23.5 Å². The van der Waals surface area contributed by atoms with Gasteiger partial charge in [-0.15, -0.1) is 0 Å². The molecule has 1 aromatic rings. The van der Waals surface area contributed by atoms with E-state index in [9.17, 15) is 8.78 Å². The van der Waals surface area contributed by atoms with Gasteiger partial charge in [0.05, 0.1) is 0 Å². The molecule has 0 amide bonds. The molecule has 0 aliphatic heterocycles. The van der Waals surface area contributed by atoms with Gasteiger partial charge in [0.15, 0.2) is 11.6 Å². The predicted octanol–water partition coefficient (Wildman–Crippen LogP) is 5.03. The van der Waals surface area contributed by atoms with E-state index in [1.807, 2.05) is 0 Å². The van der Waals surface area contributed by atoms with Gasteiger partial charge in [0.1, 0.15) is 0 Å².